The van der Waals surface area contributed by atoms with E-state index >= 15 is 0 Å². The van der Waals surface area contributed by atoms with E-state index in [4.69, 9.17) is 15.2 Å². The van der Waals surface area contributed by atoms with E-state index in [1.54, 1.807) is 17.0 Å². The van der Waals surface area contributed by atoms with Crippen LogP contribution in [0.5, 0.6) is 5.75 Å². The first-order chi connectivity index (χ1) is 9.16. The zero-order valence-corrected chi connectivity index (χ0v) is 11.2. The fourth-order valence-corrected chi connectivity index (χ4v) is 2.07. The number of hydrogen-bond acceptors (Lipinski definition) is 4. The SMILES string of the molecule is CN(C(=O)CCOc1cccc(N)c1)C1CCOC1. The lowest BCUT2D eigenvalue weighted by molar-refractivity contribution is -0.132. The number of likely N-dealkylation sites (N-methyl/N-ethyl adjacent to an activating group) is 1. The predicted octanol–water partition coefficient (Wildman–Crippen LogP) is 1.29. The van der Waals surface area contributed by atoms with Gasteiger partial charge in [-0.05, 0) is 18.6 Å². The Balaban J connectivity index is 1.74. The number of anilines is 1. The fraction of sp³-hybridized carbons (Fsp3) is 0.500. The van der Waals surface area contributed by atoms with Gasteiger partial charge in [-0.25, -0.2) is 0 Å². The number of ether oxygens (including phenoxy) is 2. The van der Waals surface area contributed by atoms with Gasteiger partial charge in [-0.3, -0.25) is 4.79 Å². The molecule has 1 aromatic rings. The molecule has 1 saturated heterocycles. The van der Waals surface area contributed by atoms with Gasteiger partial charge >= 0.3 is 0 Å². The summed E-state index contributed by atoms with van der Waals surface area (Å²) in [7, 11) is 1.82. The number of nitrogen functional groups attached to an aromatic ring is 1. The van der Waals surface area contributed by atoms with E-state index in [9.17, 15) is 4.79 Å². The Labute approximate surface area is 113 Å². The molecule has 1 fully saturated rings. The Bertz CT molecular complexity index is 430. The molecule has 2 rings (SSSR count). The zero-order valence-electron chi connectivity index (χ0n) is 11.2. The summed E-state index contributed by atoms with van der Waals surface area (Å²) in [6, 6.07) is 7.41. The topological polar surface area (TPSA) is 64.8 Å². The molecule has 1 unspecified atom stereocenters. The lowest BCUT2D eigenvalue weighted by Gasteiger charge is -2.23. The van der Waals surface area contributed by atoms with Crippen molar-refractivity contribution in [3.8, 4) is 5.75 Å². The molecule has 1 heterocycles. The van der Waals surface area contributed by atoms with Crippen molar-refractivity contribution in [2.45, 2.75) is 18.9 Å². The molecule has 1 aliphatic rings. The lowest BCUT2D eigenvalue weighted by atomic mass is 10.2. The number of carbonyl (C=O) groups excluding carboxylic acids is 1. The van der Waals surface area contributed by atoms with Gasteiger partial charge in [-0.1, -0.05) is 6.07 Å². The number of carbonyl (C=O) groups is 1. The molecule has 0 radical (unpaired) electrons. The van der Waals surface area contributed by atoms with Gasteiger partial charge in [0.05, 0.1) is 25.7 Å². The highest BCUT2D eigenvalue weighted by Crippen LogP contribution is 2.15. The second-order valence-electron chi connectivity index (χ2n) is 4.69. The third kappa shape index (κ3) is 3.86. The molecule has 104 valence electrons. The summed E-state index contributed by atoms with van der Waals surface area (Å²) in [5, 5.41) is 0. The molecular formula is C14H20N2O3. The lowest BCUT2D eigenvalue weighted by Crippen LogP contribution is -2.37. The molecule has 1 aliphatic heterocycles. The molecule has 1 aromatic carbocycles. The minimum atomic E-state index is 0.0828. The summed E-state index contributed by atoms with van der Waals surface area (Å²) in [6.45, 7) is 1.74. The number of nitrogens with zero attached hydrogens (tertiary/aromatic N) is 1. The third-order valence-corrected chi connectivity index (χ3v) is 3.29. The van der Waals surface area contributed by atoms with Crippen molar-refractivity contribution in [1.82, 2.24) is 4.90 Å². The van der Waals surface area contributed by atoms with Crippen LogP contribution in [0, 0.1) is 0 Å². The van der Waals surface area contributed by atoms with Crippen molar-refractivity contribution in [2.75, 3.05) is 32.6 Å². The van der Waals surface area contributed by atoms with Crippen LogP contribution >= 0.6 is 0 Å². The molecule has 0 aromatic heterocycles. The molecular weight excluding hydrogens is 244 g/mol. The van der Waals surface area contributed by atoms with Crippen LogP contribution in [-0.2, 0) is 9.53 Å². The Morgan fingerprint density at radius 2 is 2.42 bits per heavy atom. The average Bonchev–Trinajstić information content (AvgIpc) is 2.91. The van der Waals surface area contributed by atoms with E-state index in [-0.39, 0.29) is 11.9 Å². The highest BCUT2D eigenvalue weighted by molar-refractivity contribution is 5.76. The number of hydrogen-bond donors (Lipinski definition) is 1. The van der Waals surface area contributed by atoms with Crippen LogP contribution in [-0.4, -0.2) is 43.7 Å². The van der Waals surface area contributed by atoms with E-state index in [0.29, 0.717) is 31.1 Å². The molecule has 1 amide bonds. The first kappa shape index (κ1) is 13.7. The number of rotatable bonds is 5. The smallest absolute Gasteiger partial charge is 0.226 e. The first-order valence-electron chi connectivity index (χ1n) is 6.48. The Hall–Kier alpha value is -1.75. The predicted molar refractivity (Wildman–Crippen MR) is 73.0 cm³/mol. The van der Waals surface area contributed by atoms with E-state index in [1.165, 1.54) is 0 Å². The molecule has 1 atom stereocenters. The van der Waals surface area contributed by atoms with Crippen molar-refractivity contribution in [3.63, 3.8) is 0 Å². The van der Waals surface area contributed by atoms with Crippen LogP contribution in [0.15, 0.2) is 24.3 Å². The van der Waals surface area contributed by atoms with Gasteiger partial charge in [0.2, 0.25) is 5.91 Å². The van der Waals surface area contributed by atoms with Crippen molar-refractivity contribution in [2.24, 2.45) is 0 Å². The van der Waals surface area contributed by atoms with Crippen molar-refractivity contribution < 1.29 is 14.3 Å². The van der Waals surface area contributed by atoms with Gasteiger partial charge in [0.15, 0.2) is 0 Å². The Kier molecular flexibility index (Phi) is 4.63. The number of benzene rings is 1. The summed E-state index contributed by atoms with van der Waals surface area (Å²) >= 11 is 0. The van der Waals surface area contributed by atoms with E-state index in [0.717, 1.165) is 13.0 Å². The second kappa shape index (κ2) is 6.43. The highest BCUT2D eigenvalue weighted by atomic mass is 16.5. The van der Waals surface area contributed by atoms with Crippen molar-refractivity contribution >= 4 is 11.6 Å². The molecule has 0 aliphatic carbocycles. The van der Waals surface area contributed by atoms with Crippen LogP contribution < -0.4 is 10.5 Å². The third-order valence-electron chi connectivity index (χ3n) is 3.29. The quantitative estimate of drug-likeness (QED) is 0.814. The van der Waals surface area contributed by atoms with Gasteiger partial charge < -0.3 is 20.1 Å². The molecule has 0 saturated carbocycles. The summed E-state index contributed by atoms with van der Waals surface area (Å²) < 4.78 is 10.8. The Morgan fingerprint density at radius 3 is 3.11 bits per heavy atom. The summed E-state index contributed by atoms with van der Waals surface area (Å²) in [4.78, 5) is 13.7. The first-order valence-corrected chi connectivity index (χ1v) is 6.48. The molecule has 0 bridgehead atoms. The van der Waals surface area contributed by atoms with Gasteiger partial charge in [-0.15, -0.1) is 0 Å². The maximum absolute atomic E-state index is 12.0. The van der Waals surface area contributed by atoms with Gasteiger partial charge in [-0.2, -0.15) is 0 Å². The largest absolute Gasteiger partial charge is 0.493 e. The number of amides is 1. The Morgan fingerprint density at radius 1 is 1.58 bits per heavy atom. The standard InChI is InChI=1S/C14H20N2O3/c1-16(12-5-7-18-10-12)14(17)6-8-19-13-4-2-3-11(15)9-13/h2-4,9,12H,5-8,10,15H2,1H3. The second-order valence-corrected chi connectivity index (χ2v) is 4.69. The minimum Gasteiger partial charge on any atom is -0.493 e. The van der Waals surface area contributed by atoms with Gasteiger partial charge in [0.1, 0.15) is 5.75 Å². The molecule has 0 spiro atoms. The maximum Gasteiger partial charge on any atom is 0.226 e. The molecule has 5 heteroatoms. The summed E-state index contributed by atoms with van der Waals surface area (Å²) in [6.07, 6.45) is 1.28. The van der Waals surface area contributed by atoms with Gasteiger partial charge in [0, 0.05) is 25.4 Å². The zero-order chi connectivity index (χ0) is 13.7. The van der Waals surface area contributed by atoms with Crippen LogP contribution in [0.2, 0.25) is 0 Å². The highest BCUT2D eigenvalue weighted by Gasteiger charge is 2.23. The van der Waals surface area contributed by atoms with Crippen LogP contribution in [0.4, 0.5) is 5.69 Å². The average molecular weight is 264 g/mol. The summed E-state index contributed by atoms with van der Waals surface area (Å²) in [5.41, 5.74) is 6.31. The molecule has 19 heavy (non-hydrogen) atoms. The molecule has 5 nitrogen and oxygen atoms in total. The molecule has 2 N–H and O–H groups in total. The monoisotopic (exact) mass is 264 g/mol. The minimum absolute atomic E-state index is 0.0828. The number of nitrogens with two attached hydrogens (primary N) is 1. The van der Waals surface area contributed by atoms with Crippen LogP contribution in [0.1, 0.15) is 12.8 Å². The maximum atomic E-state index is 12.0. The van der Waals surface area contributed by atoms with Crippen LogP contribution in [0.25, 0.3) is 0 Å². The van der Waals surface area contributed by atoms with E-state index < -0.39 is 0 Å². The van der Waals surface area contributed by atoms with Crippen molar-refractivity contribution in [1.29, 1.82) is 0 Å². The van der Waals surface area contributed by atoms with Crippen molar-refractivity contribution in [3.05, 3.63) is 24.3 Å². The summed E-state index contributed by atoms with van der Waals surface area (Å²) in [5.74, 6) is 0.777. The van der Waals surface area contributed by atoms with E-state index in [2.05, 4.69) is 0 Å². The van der Waals surface area contributed by atoms with Crippen LogP contribution in [0.3, 0.4) is 0 Å². The fourth-order valence-electron chi connectivity index (χ4n) is 2.07. The normalized spacial score (nSPS) is 18.3. The van der Waals surface area contributed by atoms with Gasteiger partial charge in [0.25, 0.3) is 0 Å². The van der Waals surface area contributed by atoms with E-state index in [1.807, 2.05) is 19.2 Å².